The highest BCUT2D eigenvalue weighted by molar-refractivity contribution is 6.31. The van der Waals surface area contributed by atoms with Gasteiger partial charge in [-0.15, -0.1) is 0 Å². The first-order valence-electron chi connectivity index (χ1n) is 14.5. The van der Waals surface area contributed by atoms with Crippen LogP contribution in [0.25, 0.3) is 18.2 Å². The Bertz CT molecular complexity index is 1890. The summed E-state index contributed by atoms with van der Waals surface area (Å²) in [5.41, 5.74) is 8.76. The van der Waals surface area contributed by atoms with Gasteiger partial charge in [0.2, 0.25) is 0 Å². The van der Waals surface area contributed by atoms with Crippen LogP contribution < -0.4 is 16.0 Å². The number of amides is 2. The lowest BCUT2D eigenvalue weighted by atomic mass is 10.0. The van der Waals surface area contributed by atoms with Crippen molar-refractivity contribution in [2.45, 2.75) is 53.4 Å². The zero-order valence-corrected chi connectivity index (χ0v) is 26.5. The lowest BCUT2D eigenvalue weighted by molar-refractivity contribution is -0.141. The number of aromatic amines is 2. The molecule has 4 heterocycles. The first-order valence-corrected chi connectivity index (χ1v) is 14.5. The van der Waals surface area contributed by atoms with E-state index in [4.69, 9.17) is 9.47 Å². The lowest BCUT2D eigenvalue weighted by Gasteiger charge is -2.04. The normalized spacial score (nSPS) is 16.6. The van der Waals surface area contributed by atoms with Gasteiger partial charge in [0.15, 0.2) is 0 Å². The van der Waals surface area contributed by atoms with Crippen LogP contribution in [0.5, 0.6) is 0 Å². The lowest BCUT2D eigenvalue weighted by Crippen LogP contribution is -2.15. The summed E-state index contributed by atoms with van der Waals surface area (Å²) in [5, 5.41) is 4.38. The molecule has 0 radical (unpaired) electrons. The second-order valence-corrected chi connectivity index (χ2v) is 10.9. The van der Waals surface area contributed by atoms with Crippen molar-refractivity contribution in [1.29, 1.82) is 0 Å². The molecule has 0 aromatic carbocycles. The van der Waals surface area contributed by atoms with Gasteiger partial charge >= 0.3 is 11.9 Å². The maximum Gasteiger partial charge on any atom is 0.305 e. The Morgan fingerprint density at radius 2 is 1.38 bits per heavy atom. The monoisotopic (exact) mass is 610 g/mol. The first-order chi connectivity index (χ1) is 21.4. The first kappa shape index (κ1) is 32.7. The van der Waals surface area contributed by atoms with Crippen LogP contribution in [0.4, 0.5) is 0 Å². The topological polar surface area (TPSA) is 143 Å². The maximum atomic E-state index is 12.4. The van der Waals surface area contributed by atoms with E-state index in [1.54, 1.807) is 13.0 Å². The van der Waals surface area contributed by atoms with E-state index in [-0.39, 0.29) is 36.6 Å². The average molecular weight is 611 g/mol. The van der Waals surface area contributed by atoms with Gasteiger partial charge in [-0.25, -0.2) is 4.99 Å². The molecule has 10 nitrogen and oxygen atoms in total. The standard InChI is InChI=1S/C35H38N4O6/c1-9-22-21(6)34(42)39-29(22)16-27-20(5)25(12-14-33(41)45-8)31(37-27)17-30-24(11-13-32(40)44-7)19(4)26(36-30)15-28-18(3)23(10-2)35(43)38-28/h9-10,15-17,36-37H,1-2,11-14H2,3-8H3,(H,39,42)/b26-15+,29-16+,30-17+. The number of carbonyl (C=O) groups is 4. The highest BCUT2D eigenvalue weighted by atomic mass is 16.5. The molecule has 0 unspecified atom stereocenters. The number of esters is 2. The number of aromatic nitrogens is 2. The Labute approximate surface area is 261 Å². The molecule has 45 heavy (non-hydrogen) atoms. The number of hydrogen-bond acceptors (Lipinski definition) is 6. The van der Waals surface area contributed by atoms with E-state index in [2.05, 4.69) is 33.4 Å². The summed E-state index contributed by atoms with van der Waals surface area (Å²) in [5.74, 6) is -1.19. The van der Waals surface area contributed by atoms with Gasteiger partial charge in [-0.1, -0.05) is 25.3 Å². The summed E-state index contributed by atoms with van der Waals surface area (Å²) in [6.45, 7) is 15.1. The Morgan fingerprint density at radius 1 is 0.756 bits per heavy atom. The molecule has 0 saturated carbocycles. The summed E-state index contributed by atoms with van der Waals surface area (Å²) in [7, 11) is 2.71. The highest BCUT2D eigenvalue weighted by Gasteiger charge is 2.23. The van der Waals surface area contributed by atoms with Crippen LogP contribution in [0.2, 0.25) is 0 Å². The van der Waals surface area contributed by atoms with Crippen molar-refractivity contribution in [2.75, 3.05) is 14.2 Å². The number of rotatable bonds is 11. The van der Waals surface area contributed by atoms with E-state index >= 15 is 0 Å². The average Bonchev–Trinajstić information content (AvgIpc) is 3.66. The van der Waals surface area contributed by atoms with Crippen LogP contribution >= 0.6 is 0 Å². The predicted octanol–water partition coefficient (Wildman–Crippen LogP) is 3.24. The van der Waals surface area contributed by atoms with Gasteiger partial charge < -0.3 is 24.8 Å². The molecule has 0 saturated heterocycles. The third-order valence-electron chi connectivity index (χ3n) is 8.31. The molecule has 2 aliphatic heterocycles. The molecule has 4 rings (SSSR count). The Hall–Kier alpha value is -5.25. The molecular formula is C35H38N4O6. The van der Waals surface area contributed by atoms with E-state index in [0.29, 0.717) is 35.4 Å². The van der Waals surface area contributed by atoms with Gasteiger partial charge in [-0.3, -0.25) is 19.2 Å². The molecule has 0 spiro atoms. The van der Waals surface area contributed by atoms with E-state index in [9.17, 15) is 19.2 Å². The molecule has 10 heteroatoms. The second kappa shape index (κ2) is 13.6. The third-order valence-corrected chi connectivity index (χ3v) is 8.31. The molecular weight excluding hydrogens is 572 g/mol. The number of methoxy groups -OCH3 is 2. The summed E-state index contributed by atoms with van der Waals surface area (Å²) in [4.78, 5) is 60.1. The van der Waals surface area contributed by atoms with E-state index in [1.165, 1.54) is 20.3 Å². The van der Waals surface area contributed by atoms with Gasteiger partial charge in [0.05, 0.1) is 25.6 Å². The number of nitrogens with zero attached hydrogens (tertiary/aromatic N) is 1. The molecule has 2 amide bonds. The summed E-state index contributed by atoms with van der Waals surface area (Å²) >= 11 is 0. The SMILES string of the molecule is C=CC1=C(C)C(/C=c2/[nH]/c(=C/c3[nH]c(/C=C4/NC(=O)C(C)=C4C=C)c(C)c3CCC(=O)OC)c(CCC(=O)OC)c2C)=NC1=O. The summed E-state index contributed by atoms with van der Waals surface area (Å²) in [6, 6.07) is 0. The largest absolute Gasteiger partial charge is 0.469 e. The van der Waals surface area contributed by atoms with Crippen LogP contribution in [-0.4, -0.2) is 53.7 Å². The number of carbonyl (C=O) groups excluding carboxylic acids is 4. The van der Waals surface area contributed by atoms with Crippen LogP contribution in [0.15, 0.2) is 58.3 Å². The van der Waals surface area contributed by atoms with Crippen LogP contribution in [0, 0.1) is 13.8 Å². The van der Waals surface area contributed by atoms with Crippen molar-refractivity contribution in [1.82, 2.24) is 15.3 Å². The van der Waals surface area contributed by atoms with Gasteiger partial charge in [0, 0.05) is 51.6 Å². The summed E-state index contributed by atoms with van der Waals surface area (Å²) in [6.07, 6.45) is 9.92. The van der Waals surface area contributed by atoms with Crippen LogP contribution in [0.3, 0.4) is 0 Å². The zero-order chi connectivity index (χ0) is 33.0. The second-order valence-electron chi connectivity index (χ2n) is 10.9. The van der Waals surface area contributed by atoms with Crippen molar-refractivity contribution < 1.29 is 28.7 Å². The van der Waals surface area contributed by atoms with E-state index in [1.807, 2.05) is 39.0 Å². The number of ether oxygens (including phenoxy) is 2. The summed E-state index contributed by atoms with van der Waals surface area (Å²) < 4.78 is 9.80. The predicted molar refractivity (Wildman–Crippen MR) is 173 cm³/mol. The van der Waals surface area contributed by atoms with Gasteiger partial charge in [0.1, 0.15) is 0 Å². The number of allylic oxidation sites excluding steroid dienone is 2. The maximum absolute atomic E-state index is 12.4. The minimum absolute atomic E-state index is 0.167. The molecule has 2 aromatic rings. The number of nitrogens with one attached hydrogen (secondary N) is 3. The van der Waals surface area contributed by atoms with E-state index in [0.717, 1.165) is 55.5 Å². The smallest absolute Gasteiger partial charge is 0.305 e. The minimum atomic E-state index is -0.337. The Balaban J connectivity index is 1.92. The van der Waals surface area contributed by atoms with Crippen molar-refractivity contribution in [2.24, 2.45) is 4.99 Å². The number of H-pyrrole nitrogens is 2. The fourth-order valence-corrected chi connectivity index (χ4v) is 5.54. The molecule has 234 valence electrons. The van der Waals surface area contributed by atoms with Crippen molar-refractivity contribution in [3.63, 3.8) is 0 Å². The molecule has 2 aromatic heterocycles. The number of hydrogen-bond donors (Lipinski definition) is 3. The fourth-order valence-electron chi connectivity index (χ4n) is 5.54. The van der Waals surface area contributed by atoms with Gasteiger partial charge in [0.25, 0.3) is 11.8 Å². The Kier molecular flexibility index (Phi) is 9.86. The van der Waals surface area contributed by atoms with Crippen molar-refractivity contribution in [3.05, 3.63) is 97.6 Å². The molecule has 0 aliphatic carbocycles. The third kappa shape index (κ3) is 6.64. The van der Waals surface area contributed by atoms with Crippen LogP contribution in [-0.2, 0) is 41.5 Å². The zero-order valence-electron chi connectivity index (χ0n) is 26.5. The molecule has 0 bridgehead atoms. The highest BCUT2D eigenvalue weighted by Crippen LogP contribution is 2.27. The molecule has 3 N–H and O–H groups in total. The van der Waals surface area contributed by atoms with Gasteiger partial charge in [-0.05, 0) is 86.6 Å². The quantitative estimate of drug-likeness (QED) is 0.334. The molecule has 0 fully saturated rings. The Morgan fingerprint density at radius 3 is 1.96 bits per heavy atom. The molecule has 2 aliphatic rings. The van der Waals surface area contributed by atoms with E-state index < -0.39 is 0 Å². The molecule has 0 atom stereocenters. The minimum Gasteiger partial charge on any atom is -0.469 e. The number of aliphatic imine (C=N–C) groups is 1. The van der Waals surface area contributed by atoms with Gasteiger partial charge in [-0.2, -0.15) is 0 Å². The van der Waals surface area contributed by atoms with Crippen molar-refractivity contribution in [3.8, 4) is 0 Å². The fraction of sp³-hybridized carbons (Fsp3) is 0.286. The van der Waals surface area contributed by atoms with Crippen LogP contribution in [0.1, 0.15) is 60.3 Å². The van der Waals surface area contributed by atoms with Crippen molar-refractivity contribution >= 4 is 47.7 Å².